The smallest absolute Gasteiger partial charge is 0.128 e. The molecule has 94 valence electrons. The molecule has 0 aromatic carbocycles. The topological polar surface area (TPSA) is 31.4 Å². The SMILES string of the molecule is CNC(C)c1ccnc(N2CCN(C)CC2)c1. The Morgan fingerprint density at radius 2 is 2.00 bits per heavy atom. The van der Waals surface area contributed by atoms with Crippen molar-refractivity contribution in [3.8, 4) is 0 Å². The predicted molar refractivity (Wildman–Crippen MR) is 71.4 cm³/mol. The van der Waals surface area contributed by atoms with Crippen molar-refractivity contribution in [3.05, 3.63) is 23.9 Å². The zero-order valence-electron chi connectivity index (χ0n) is 11.0. The van der Waals surface area contributed by atoms with E-state index >= 15 is 0 Å². The average Bonchev–Trinajstić information content (AvgIpc) is 2.39. The number of hydrogen-bond donors (Lipinski definition) is 1. The molecule has 1 aromatic heterocycles. The van der Waals surface area contributed by atoms with E-state index in [9.17, 15) is 0 Å². The maximum atomic E-state index is 4.48. The highest BCUT2D eigenvalue weighted by molar-refractivity contribution is 5.42. The van der Waals surface area contributed by atoms with E-state index in [0.717, 1.165) is 32.0 Å². The average molecular weight is 234 g/mol. The number of anilines is 1. The minimum absolute atomic E-state index is 0.379. The molecule has 2 heterocycles. The van der Waals surface area contributed by atoms with E-state index in [4.69, 9.17) is 0 Å². The lowest BCUT2D eigenvalue weighted by molar-refractivity contribution is 0.312. The molecule has 0 bridgehead atoms. The monoisotopic (exact) mass is 234 g/mol. The molecule has 0 radical (unpaired) electrons. The lowest BCUT2D eigenvalue weighted by atomic mass is 10.1. The molecule has 1 N–H and O–H groups in total. The van der Waals surface area contributed by atoms with Crippen molar-refractivity contribution in [1.29, 1.82) is 0 Å². The molecular weight excluding hydrogens is 212 g/mol. The summed E-state index contributed by atoms with van der Waals surface area (Å²) < 4.78 is 0. The highest BCUT2D eigenvalue weighted by Crippen LogP contribution is 2.18. The van der Waals surface area contributed by atoms with Crippen LogP contribution in [0, 0.1) is 0 Å². The number of pyridine rings is 1. The largest absolute Gasteiger partial charge is 0.354 e. The highest BCUT2D eigenvalue weighted by Gasteiger charge is 2.15. The second-order valence-corrected chi connectivity index (χ2v) is 4.75. The van der Waals surface area contributed by atoms with Crippen LogP contribution in [0.3, 0.4) is 0 Å². The summed E-state index contributed by atoms with van der Waals surface area (Å²) >= 11 is 0. The zero-order valence-corrected chi connectivity index (χ0v) is 11.0. The fourth-order valence-corrected chi connectivity index (χ4v) is 2.08. The fourth-order valence-electron chi connectivity index (χ4n) is 2.08. The van der Waals surface area contributed by atoms with Crippen molar-refractivity contribution in [1.82, 2.24) is 15.2 Å². The maximum absolute atomic E-state index is 4.48. The summed E-state index contributed by atoms with van der Waals surface area (Å²) in [6.45, 7) is 6.55. The van der Waals surface area contributed by atoms with Crippen LogP contribution in [0.4, 0.5) is 5.82 Å². The number of rotatable bonds is 3. The van der Waals surface area contributed by atoms with Gasteiger partial charge in [0.05, 0.1) is 0 Å². The van der Waals surface area contributed by atoms with Crippen molar-refractivity contribution in [2.45, 2.75) is 13.0 Å². The van der Waals surface area contributed by atoms with Crippen LogP contribution in [0.2, 0.25) is 0 Å². The Labute approximate surface area is 104 Å². The molecule has 4 nitrogen and oxygen atoms in total. The second-order valence-electron chi connectivity index (χ2n) is 4.75. The minimum Gasteiger partial charge on any atom is -0.354 e. The summed E-state index contributed by atoms with van der Waals surface area (Å²) in [5.41, 5.74) is 1.30. The summed E-state index contributed by atoms with van der Waals surface area (Å²) in [5, 5.41) is 3.26. The van der Waals surface area contributed by atoms with Gasteiger partial charge < -0.3 is 15.1 Å². The normalized spacial score (nSPS) is 19.4. The third-order valence-electron chi connectivity index (χ3n) is 3.53. The van der Waals surface area contributed by atoms with E-state index in [1.165, 1.54) is 5.56 Å². The minimum atomic E-state index is 0.379. The van der Waals surface area contributed by atoms with E-state index in [2.05, 4.69) is 46.2 Å². The number of piperazine rings is 1. The van der Waals surface area contributed by atoms with Crippen LogP contribution in [0.25, 0.3) is 0 Å². The summed E-state index contributed by atoms with van der Waals surface area (Å²) in [4.78, 5) is 9.21. The lowest BCUT2D eigenvalue weighted by Crippen LogP contribution is -2.44. The van der Waals surface area contributed by atoms with E-state index in [1.54, 1.807) is 0 Å². The number of aromatic nitrogens is 1. The molecule has 1 atom stereocenters. The Morgan fingerprint density at radius 3 is 2.65 bits per heavy atom. The van der Waals surface area contributed by atoms with Crippen molar-refractivity contribution in [2.24, 2.45) is 0 Å². The third kappa shape index (κ3) is 2.96. The molecule has 1 aromatic rings. The number of hydrogen-bond acceptors (Lipinski definition) is 4. The van der Waals surface area contributed by atoms with Gasteiger partial charge in [0, 0.05) is 38.4 Å². The van der Waals surface area contributed by atoms with Crippen molar-refractivity contribution >= 4 is 5.82 Å². The van der Waals surface area contributed by atoms with E-state index in [-0.39, 0.29) is 0 Å². The molecule has 0 spiro atoms. The molecule has 1 saturated heterocycles. The third-order valence-corrected chi connectivity index (χ3v) is 3.53. The second kappa shape index (κ2) is 5.47. The molecule has 17 heavy (non-hydrogen) atoms. The Morgan fingerprint density at radius 1 is 1.29 bits per heavy atom. The number of nitrogens with one attached hydrogen (secondary N) is 1. The Hall–Kier alpha value is -1.13. The van der Waals surface area contributed by atoms with E-state index < -0.39 is 0 Å². The van der Waals surface area contributed by atoms with Crippen molar-refractivity contribution in [2.75, 3.05) is 45.2 Å². The molecule has 1 aliphatic heterocycles. The molecule has 0 aliphatic carbocycles. The number of nitrogens with zero attached hydrogens (tertiary/aromatic N) is 3. The van der Waals surface area contributed by atoms with Gasteiger partial charge in [-0.15, -0.1) is 0 Å². The van der Waals surface area contributed by atoms with Crippen molar-refractivity contribution in [3.63, 3.8) is 0 Å². The van der Waals surface area contributed by atoms with Gasteiger partial charge in [-0.3, -0.25) is 0 Å². The highest BCUT2D eigenvalue weighted by atomic mass is 15.3. The Kier molecular flexibility index (Phi) is 3.97. The van der Waals surface area contributed by atoms with Gasteiger partial charge in [-0.25, -0.2) is 4.98 Å². The number of likely N-dealkylation sites (N-methyl/N-ethyl adjacent to an activating group) is 1. The van der Waals surface area contributed by atoms with Crippen LogP contribution in [0.5, 0.6) is 0 Å². The van der Waals surface area contributed by atoms with Crippen LogP contribution in [-0.2, 0) is 0 Å². The van der Waals surface area contributed by atoms with Gasteiger partial charge >= 0.3 is 0 Å². The van der Waals surface area contributed by atoms with Gasteiger partial charge in [-0.2, -0.15) is 0 Å². The van der Waals surface area contributed by atoms with Gasteiger partial charge in [-0.1, -0.05) is 0 Å². The first-order chi connectivity index (χ1) is 8.20. The summed E-state index contributed by atoms with van der Waals surface area (Å²) in [6, 6.07) is 4.66. The van der Waals surface area contributed by atoms with Gasteiger partial charge in [0.15, 0.2) is 0 Å². The van der Waals surface area contributed by atoms with Crippen LogP contribution in [-0.4, -0.2) is 50.2 Å². The molecule has 1 unspecified atom stereocenters. The first-order valence-electron chi connectivity index (χ1n) is 6.27. The summed E-state index contributed by atoms with van der Waals surface area (Å²) in [5.74, 6) is 1.11. The quantitative estimate of drug-likeness (QED) is 0.849. The molecule has 1 fully saturated rings. The Bertz CT molecular complexity index is 358. The molecule has 0 amide bonds. The van der Waals surface area contributed by atoms with Crippen LogP contribution < -0.4 is 10.2 Å². The lowest BCUT2D eigenvalue weighted by Gasteiger charge is -2.33. The van der Waals surface area contributed by atoms with Crippen LogP contribution in [0.1, 0.15) is 18.5 Å². The van der Waals surface area contributed by atoms with Gasteiger partial charge in [-0.05, 0) is 38.7 Å². The first-order valence-corrected chi connectivity index (χ1v) is 6.27. The molecule has 2 rings (SSSR count). The van der Waals surface area contributed by atoms with Gasteiger partial charge in [0.2, 0.25) is 0 Å². The van der Waals surface area contributed by atoms with Crippen LogP contribution >= 0.6 is 0 Å². The first kappa shape index (κ1) is 12.3. The summed E-state index contributed by atoms with van der Waals surface area (Å²) in [6.07, 6.45) is 1.91. The zero-order chi connectivity index (χ0) is 12.3. The predicted octanol–water partition coefficient (Wildman–Crippen LogP) is 1.11. The van der Waals surface area contributed by atoms with Crippen molar-refractivity contribution < 1.29 is 0 Å². The van der Waals surface area contributed by atoms with E-state index in [0.29, 0.717) is 6.04 Å². The molecule has 4 heteroatoms. The summed E-state index contributed by atoms with van der Waals surface area (Å²) in [7, 11) is 4.16. The van der Waals surface area contributed by atoms with Gasteiger partial charge in [0.1, 0.15) is 5.82 Å². The Balaban J connectivity index is 2.10. The molecule has 0 saturated carbocycles. The maximum Gasteiger partial charge on any atom is 0.128 e. The molecular formula is C13H22N4. The molecule has 1 aliphatic rings. The van der Waals surface area contributed by atoms with Gasteiger partial charge in [0.25, 0.3) is 0 Å². The standard InChI is InChI=1S/C13H22N4/c1-11(14-2)12-4-5-15-13(10-12)17-8-6-16(3)7-9-17/h4-5,10-11,14H,6-9H2,1-3H3. The fraction of sp³-hybridized carbons (Fsp3) is 0.615. The van der Waals surface area contributed by atoms with Crippen LogP contribution in [0.15, 0.2) is 18.3 Å². The van der Waals surface area contributed by atoms with E-state index in [1.807, 2.05) is 13.2 Å².